The molecular formula is C9H4F4O2. The van der Waals surface area contributed by atoms with Gasteiger partial charge in [0.25, 0.3) is 0 Å². The lowest BCUT2D eigenvalue weighted by atomic mass is 10.1. The number of halogens is 4. The van der Waals surface area contributed by atoms with Crippen LogP contribution in [0.3, 0.4) is 0 Å². The molecule has 15 heavy (non-hydrogen) atoms. The molecule has 0 radical (unpaired) electrons. The van der Waals surface area contributed by atoms with E-state index in [9.17, 15) is 22.4 Å². The minimum absolute atomic E-state index is 0.570. The van der Waals surface area contributed by atoms with Gasteiger partial charge in [-0.3, -0.25) is 4.79 Å². The molecule has 1 N–H and O–H groups in total. The summed E-state index contributed by atoms with van der Waals surface area (Å²) in [6.45, 7) is 0. The van der Waals surface area contributed by atoms with E-state index in [1.54, 1.807) is 0 Å². The molecule has 0 spiro atoms. The number of rotatable bonds is 0. The monoisotopic (exact) mass is 220 g/mol. The topological polar surface area (TPSA) is 37.3 Å². The second-order valence-electron chi connectivity index (χ2n) is 3.17. The van der Waals surface area contributed by atoms with Crippen molar-refractivity contribution in [2.24, 2.45) is 0 Å². The first-order valence-electron chi connectivity index (χ1n) is 3.96. The summed E-state index contributed by atoms with van der Waals surface area (Å²) < 4.78 is 51.9. The molecule has 2 nitrogen and oxygen atoms in total. The van der Waals surface area contributed by atoms with E-state index in [1.807, 2.05) is 0 Å². The number of carbonyl (C=O) groups excluding carboxylic acids is 1. The van der Waals surface area contributed by atoms with Crippen molar-refractivity contribution in [1.82, 2.24) is 0 Å². The third-order valence-electron chi connectivity index (χ3n) is 2.29. The Kier molecular flexibility index (Phi) is 1.88. The van der Waals surface area contributed by atoms with Crippen molar-refractivity contribution >= 4 is 5.78 Å². The highest BCUT2D eigenvalue weighted by Crippen LogP contribution is 2.44. The molecule has 0 amide bonds. The maximum absolute atomic E-state index is 13.0. The van der Waals surface area contributed by atoms with E-state index in [-0.39, 0.29) is 0 Å². The molecule has 0 saturated carbocycles. The Labute approximate surface area is 81.1 Å². The number of aliphatic hydroxyl groups excluding tert-OH is 1. The molecule has 0 heterocycles. The molecule has 0 bridgehead atoms. The summed E-state index contributed by atoms with van der Waals surface area (Å²) in [7, 11) is 0. The Balaban J connectivity index is 2.78. The molecule has 6 heteroatoms. The average molecular weight is 220 g/mol. The molecule has 0 aromatic heterocycles. The number of carbonyl (C=O) groups is 1. The van der Waals surface area contributed by atoms with Crippen LogP contribution in [0.25, 0.3) is 0 Å². The molecule has 1 aliphatic carbocycles. The normalized spacial score (nSPS) is 23.0. The van der Waals surface area contributed by atoms with Gasteiger partial charge in [-0.1, -0.05) is 0 Å². The Morgan fingerprint density at radius 2 is 1.73 bits per heavy atom. The first kappa shape index (κ1) is 10.1. The van der Waals surface area contributed by atoms with Gasteiger partial charge in [0.2, 0.25) is 5.78 Å². The fraction of sp³-hybridized carbons (Fsp3) is 0.222. The number of Topliss-reactive ketones (excluding diaryl/α,β-unsaturated/α-hetero) is 1. The fourth-order valence-corrected chi connectivity index (χ4v) is 1.54. The van der Waals surface area contributed by atoms with E-state index >= 15 is 0 Å². The van der Waals surface area contributed by atoms with Gasteiger partial charge in [-0.25, -0.2) is 8.78 Å². The van der Waals surface area contributed by atoms with Gasteiger partial charge in [0, 0.05) is 5.56 Å². The summed E-state index contributed by atoms with van der Waals surface area (Å²) in [5, 5.41) is 9.01. The van der Waals surface area contributed by atoms with Crippen LogP contribution in [0.4, 0.5) is 17.6 Å². The van der Waals surface area contributed by atoms with Gasteiger partial charge >= 0.3 is 5.92 Å². The number of hydrogen-bond acceptors (Lipinski definition) is 2. The highest BCUT2D eigenvalue weighted by Gasteiger charge is 2.57. The first-order valence-corrected chi connectivity index (χ1v) is 3.96. The van der Waals surface area contributed by atoms with Gasteiger partial charge in [-0.2, -0.15) is 8.78 Å². The second-order valence-corrected chi connectivity index (χ2v) is 3.17. The van der Waals surface area contributed by atoms with E-state index < -0.39 is 40.6 Å². The van der Waals surface area contributed by atoms with Gasteiger partial charge in [0.1, 0.15) is 11.6 Å². The fourth-order valence-electron chi connectivity index (χ4n) is 1.54. The van der Waals surface area contributed by atoms with E-state index in [4.69, 9.17) is 5.11 Å². The maximum atomic E-state index is 13.0. The molecular weight excluding hydrogens is 216 g/mol. The van der Waals surface area contributed by atoms with Gasteiger partial charge in [-0.05, 0) is 12.1 Å². The zero-order valence-electron chi connectivity index (χ0n) is 7.10. The van der Waals surface area contributed by atoms with Crippen molar-refractivity contribution in [3.8, 4) is 0 Å². The summed E-state index contributed by atoms with van der Waals surface area (Å²) in [5.41, 5.74) is -2.03. The number of fused-ring (bicyclic) bond motifs is 1. The smallest absolute Gasteiger partial charge is 0.339 e. The van der Waals surface area contributed by atoms with Crippen molar-refractivity contribution < 1.29 is 27.5 Å². The lowest BCUT2D eigenvalue weighted by molar-refractivity contribution is -0.0717. The lowest BCUT2D eigenvalue weighted by Crippen LogP contribution is -2.28. The van der Waals surface area contributed by atoms with Crippen LogP contribution in [0.5, 0.6) is 0 Å². The summed E-state index contributed by atoms with van der Waals surface area (Å²) >= 11 is 0. The largest absolute Gasteiger partial charge is 0.381 e. The lowest BCUT2D eigenvalue weighted by Gasteiger charge is -2.11. The van der Waals surface area contributed by atoms with Crippen LogP contribution in [-0.4, -0.2) is 16.8 Å². The summed E-state index contributed by atoms with van der Waals surface area (Å²) in [4.78, 5) is 11.0. The van der Waals surface area contributed by atoms with Crippen molar-refractivity contribution in [2.75, 3.05) is 0 Å². The standard InChI is InChI=1S/C9H4F4O2/c10-3-1-2-4(11)6-5(3)7(14)9(12,13)8(6)15/h1-2,7,14H. The molecule has 1 unspecified atom stereocenters. The van der Waals surface area contributed by atoms with Gasteiger partial charge < -0.3 is 5.11 Å². The van der Waals surface area contributed by atoms with E-state index in [0.717, 1.165) is 0 Å². The molecule has 0 aliphatic heterocycles. The van der Waals surface area contributed by atoms with Crippen molar-refractivity contribution in [3.63, 3.8) is 0 Å². The summed E-state index contributed by atoms with van der Waals surface area (Å²) in [6, 6.07) is 1.16. The third-order valence-corrected chi connectivity index (χ3v) is 2.29. The van der Waals surface area contributed by atoms with Crippen molar-refractivity contribution in [2.45, 2.75) is 12.0 Å². The van der Waals surface area contributed by atoms with Gasteiger partial charge in [-0.15, -0.1) is 0 Å². The predicted octanol–water partition coefficient (Wildman–Crippen LogP) is 1.83. The third kappa shape index (κ3) is 1.11. The average Bonchev–Trinajstić information content (AvgIpc) is 2.35. The molecule has 0 saturated heterocycles. The van der Waals surface area contributed by atoms with Crippen molar-refractivity contribution in [1.29, 1.82) is 0 Å². The first-order chi connectivity index (χ1) is 6.87. The molecule has 1 aromatic rings. The molecule has 1 aromatic carbocycles. The maximum Gasteiger partial charge on any atom is 0.339 e. The zero-order valence-corrected chi connectivity index (χ0v) is 7.10. The second kappa shape index (κ2) is 2.79. The minimum atomic E-state index is -4.16. The van der Waals surface area contributed by atoms with Crippen molar-refractivity contribution in [3.05, 3.63) is 34.9 Å². The predicted molar refractivity (Wildman–Crippen MR) is 40.6 cm³/mol. The summed E-state index contributed by atoms with van der Waals surface area (Å²) in [6.07, 6.45) is -2.62. The Morgan fingerprint density at radius 3 is 2.27 bits per heavy atom. The highest BCUT2D eigenvalue weighted by molar-refractivity contribution is 6.06. The highest BCUT2D eigenvalue weighted by atomic mass is 19.3. The molecule has 2 rings (SSSR count). The minimum Gasteiger partial charge on any atom is -0.381 e. The van der Waals surface area contributed by atoms with Crippen LogP contribution < -0.4 is 0 Å². The SMILES string of the molecule is O=C1c2c(F)ccc(F)c2C(O)C1(F)F. The quantitative estimate of drug-likeness (QED) is 0.677. The van der Waals surface area contributed by atoms with Gasteiger partial charge in [0.05, 0.1) is 5.56 Å². The zero-order chi connectivity index (χ0) is 11.4. The van der Waals surface area contributed by atoms with Crippen LogP contribution in [0.1, 0.15) is 22.0 Å². The summed E-state index contributed by atoms with van der Waals surface area (Å²) in [5.74, 6) is -8.52. The number of hydrogen-bond donors (Lipinski definition) is 1. The van der Waals surface area contributed by atoms with Gasteiger partial charge in [0.15, 0.2) is 6.10 Å². The molecule has 1 aliphatic rings. The Bertz CT molecular complexity index is 456. The molecule has 80 valence electrons. The molecule has 0 fully saturated rings. The van der Waals surface area contributed by atoms with Crippen LogP contribution in [0.15, 0.2) is 12.1 Å². The Morgan fingerprint density at radius 1 is 1.20 bits per heavy atom. The van der Waals surface area contributed by atoms with Crippen LogP contribution >= 0.6 is 0 Å². The van der Waals surface area contributed by atoms with Crippen LogP contribution in [0, 0.1) is 11.6 Å². The van der Waals surface area contributed by atoms with Crippen LogP contribution in [0.2, 0.25) is 0 Å². The number of alkyl halides is 2. The number of aliphatic hydroxyl groups is 1. The van der Waals surface area contributed by atoms with E-state index in [1.165, 1.54) is 0 Å². The Hall–Kier alpha value is -1.43. The number of ketones is 1. The van der Waals surface area contributed by atoms with Crippen LogP contribution in [-0.2, 0) is 0 Å². The van der Waals surface area contributed by atoms with E-state index in [2.05, 4.69) is 0 Å². The number of benzene rings is 1. The van der Waals surface area contributed by atoms with E-state index in [0.29, 0.717) is 12.1 Å². The molecule has 1 atom stereocenters.